The molecule has 0 spiro atoms. The van der Waals surface area contributed by atoms with Gasteiger partial charge >= 0.3 is 0 Å². The van der Waals surface area contributed by atoms with Crippen molar-refractivity contribution in [1.82, 2.24) is 20.4 Å². The number of carbonyl (C=O) groups excluding carboxylic acids is 3. The summed E-state index contributed by atoms with van der Waals surface area (Å²) in [5, 5.41) is 20.9. The second kappa shape index (κ2) is 13.5. The molecule has 2 N–H and O–H groups in total. The van der Waals surface area contributed by atoms with Crippen molar-refractivity contribution in [2.45, 2.75) is 25.6 Å². The van der Waals surface area contributed by atoms with Gasteiger partial charge in [0.1, 0.15) is 17.9 Å². The zero-order chi connectivity index (χ0) is 31.6. The van der Waals surface area contributed by atoms with Gasteiger partial charge in [-0.15, -0.1) is 12.4 Å². The van der Waals surface area contributed by atoms with E-state index in [0.29, 0.717) is 28.3 Å². The average molecular weight is 650 g/mol. The van der Waals surface area contributed by atoms with Crippen LogP contribution in [0.1, 0.15) is 18.2 Å². The number of halogens is 1. The fourth-order valence-electron chi connectivity index (χ4n) is 5.16. The second-order valence-corrected chi connectivity index (χ2v) is 12.7. The maximum atomic E-state index is 14.3. The molecule has 0 radical (unpaired) electrons. The number of sulfone groups is 1. The van der Waals surface area contributed by atoms with E-state index in [9.17, 15) is 28.1 Å². The summed E-state index contributed by atoms with van der Waals surface area (Å²) in [5.74, 6) is -2.45. The van der Waals surface area contributed by atoms with Crippen LogP contribution in [0.25, 0.3) is 16.6 Å². The first kappa shape index (κ1) is 33.1. The number of likely N-dealkylation sites (N-methyl/N-ethyl adjacent to an activating group) is 1. The van der Waals surface area contributed by atoms with Gasteiger partial charge in [0.15, 0.2) is 9.84 Å². The molecule has 0 bridgehead atoms. The van der Waals surface area contributed by atoms with Crippen molar-refractivity contribution in [3.63, 3.8) is 0 Å². The van der Waals surface area contributed by atoms with Crippen molar-refractivity contribution in [2.75, 3.05) is 35.4 Å². The first-order valence-corrected chi connectivity index (χ1v) is 15.9. The van der Waals surface area contributed by atoms with E-state index >= 15 is 0 Å². The quantitative estimate of drug-likeness (QED) is 0.294. The molecule has 0 fully saturated rings. The largest absolute Gasteiger partial charge is 0.341 e. The second-order valence-electron chi connectivity index (χ2n) is 10.6. The van der Waals surface area contributed by atoms with Crippen LogP contribution >= 0.6 is 12.4 Å². The van der Waals surface area contributed by atoms with Crippen LogP contribution in [0.15, 0.2) is 72.8 Å². The summed E-state index contributed by atoms with van der Waals surface area (Å²) in [5.41, 5.74) is 2.91. The molecule has 0 saturated carbocycles. The van der Waals surface area contributed by atoms with E-state index in [2.05, 4.69) is 16.7 Å². The maximum Gasteiger partial charge on any atom is 0.251 e. The Morgan fingerprint density at radius 1 is 1.02 bits per heavy atom. The molecular formula is C31H32ClN7O5S. The highest BCUT2D eigenvalue weighted by molar-refractivity contribution is 7.91. The van der Waals surface area contributed by atoms with Crippen LogP contribution in [-0.4, -0.2) is 73.6 Å². The molecule has 1 aliphatic heterocycles. The van der Waals surface area contributed by atoms with Gasteiger partial charge in [0.05, 0.1) is 53.0 Å². The third-order valence-corrected chi connectivity index (χ3v) is 8.22. The standard InChI is InChI=1S/C31H31N7O5S.ClH/c1-20(33-2)30(40)34-24-18-36(29(39)19-44(3,42)43)27-14-8-9-15-28(27)37(31(24)41)17-23-22-11-5-7-13-26(22)38(35-23)25-12-6-4-10-21(25)16-32;/h4-15,20,24,33H,17-19H2,1-3H3,(H,34,40);1H. The number of aromatic nitrogens is 2. The molecule has 2 heterocycles. The number of nitrogens with one attached hydrogen (secondary N) is 2. The Hall–Kier alpha value is -4.77. The first-order valence-electron chi connectivity index (χ1n) is 13.8. The zero-order valence-electron chi connectivity index (χ0n) is 24.8. The average Bonchev–Trinajstić information content (AvgIpc) is 3.33. The zero-order valence-corrected chi connectivity index (χ0v) is 26.4. The summed E-state index contributed by atoms with van der Waals surface area (Å²) in [6.45, 7) is 1.32. The monoisotopic (exact) mass is 649 g/mol. The van der Waals surface area contributed by atoms with E-state index < -0.39 is 45.4 Å². The Labute approximate surface area is 266 Å². The molecule has 5 rings (SSSR count). The Morgan fingerprint density at radius 2 is 1.64 bits per heavy atom. The third kappa shape index (κ3) is 6.83. The number of benzene rings is 3. The predicted molar refractivity (Wildman–Crippen MR) is 173 cm³/mol. The van der Waals surface area contributed by atoms with Gasteiger partial charge in [-0.3, -0.25) is 14.4 Å². The number of hydrogen-bond acceptors (Lipinski definition) is 8. The van der Waals surface area contributed by atoms with Crippen LogP contribution in [0, 0.1) is 11.3 Å². The molecule has 3 amide bonds. The molecule has 2 unspecified atom stereocenters. The predicted octanol–water partition coefficient (Wildman–Crippen LogP) is 2.34. The number of carbonyl (C=O) groups is 3. The molecule has 3 aromatic carbocycles. The topological polar surface area (TPSA) is 158 Å². The Bertz CT molecular complexity index is 1920. The molecular weight excluding hydrogens is 618 g/mol. The van der Waals surface area contributed by atoms with Gasteiger partial charge in [0.2, 0.25) is 11.8 Å². The van der Waals surface area contributed by atoms with Gasteiger partial charge in [0.25, 0.3) is 5.91 Å². The highest BCUT2D eigenvalue weighted by atomic mass is 35.5. The minimum atomic E-state index is -3.70. The van der Waals surface area contributed by atoms with E-state index in [0.717, 1.165) is 17.2 Å². The van der Waals surface area contributed by atoms with Gasteiger partial charge in [-0.25, -0.2) is 13.1 Å². The van der Waals surface area contributed by atoms with Crippen molar-refractivity contribution in [2.24, 2.45) is 0 Å². The normalized spacial score (nSPS) is 15.4. The summed E-state index contributed by atoms with van der Waals surface area (Å²) < 4.78 is 25.9. The van der Waals surface area contributed by atoms with Gasteiger partial charge < -0.3 is 20.4 Å². The van der Waals surface area contributed by atoms with Crippen LogP contribution in [-0.2, 0) is 30.8 Å². The smallest absolute Gasteiger partial charge is 0.251 e. The number of para-hydroxylation sites is 4. The summed E-state index contributed by atoms with van der Waals surface area (Å²) in [7, 11) is -2.09. The highest BCUT2D eigenvalue weighted by Gasteiger charge is 2.38. The van der Waals surface area contributed by atoms with E-state index in [1.54, 1.807) is 61.1 Å². The number of nitriles is 1. The van der Waals surface area contributed by atoms with Crippen LogP contribution in [0.4, 0.5) is 11.4 Å². The van der Waals surface area contributed by atoms with Gasteiger partial charge in [-0.05, 0) is 44.3 Å². The summed E-state index contributed by atoms with van der Waals surface area (Å²) >= 11 is 0. The number of fused-ring (bicyclic) bond motifs is 2. The van der Waals surface area contributed by atoms with Gasteiger partial charge in [0, 0.05) is 11.6 Å². The SMILES string of the molecule is CNC(C)C(=O)NC1CN(C(=O)CS(C)(=O)=O)c2ccccc2N(Cc2nn(-c3ccccc3C#N)c3ccccc23)C1=O.Cl. The lowest BCUT2D eigenvalue weighted by Gasteiger charge is -2.26. The fraction of sp³-hybridized carbons (Fsp3) is 0.258. The van der Waals surface area contributed by atoms with Crippen LogP contribution in [0.3, 0.4) is 0 Å². The van der Waals surface area contributed by atoms with E-state index in [4.69, 9.17) is 5.10 Å². The summed E-state index contributed by atoms with van der Waals surface area (Å²) in [6.07, 6.45) is 0.964. The molecule has 2 atom stereocenters. The summed E-state index contributed by atoms with van der Waals surface area (Å²) in [4.78, 5) is 43.3. The van der Waals surface area contributed by atoms with Crippen LogP contribution in [0.2, 0.25) is 0 Å². The minimum absolute atomic E-state index is 0. The maximum absolute atomic E-state index is 14.3. The molecule has 1 aromatic heterocycles. The lowest BCUT2D eigenvalue weighted by molar-refractivity contribution is -0.128. The highest BCUT2D eigenvalue weighted by Crippen LogP contribution is 2.35. The van der Waals surface area contributed by atoms with Crippen molar-refractivity contribution in [3.05, 3.63) is 84.1 Å². The molecule has 4 aromatic rings. The lowest BCUT2D eigenvalue weighted by Crippen LogP contribution is -2.56. The third-order valence-electron chi connectivity index (χ3n) is 7.45. The summed E-state index contributed by atoms with van der Waals surface area (Å²) in [6, 6.07) is 21.6. The number of hydrogen-bond donors (Lipinski definition) is 2. The van der Waals surface area contributed by atoms with Crippen molar-refractivity contribution >= 4 is 62.2 Å². The molecule has 1 aliphatic rings. The molecule has 12 nitrogen and oxygen atoms in total. The van der Waals surface area contributed by atoms with Crippen LogP contribution in [0.5, 0.6) is 0 Å². The molecule has 0 saturated heterocycles. The molecule has 14 heteroatoms. The van der Waals surface area contributed by atoms with Crippen LogP contribution < -0.4 is 20.4 Å². The Balaban J connectivity index is 0.00000461. The number of rotatable bonds is 8. The van der Waals surface area contributed by atoms with E-state index in [-0.39, 0.29) is 25.5 Å². The molecule has 45 heavy (non-hydrogen) atoms. The van der Waals surface area contributed by atoms with Crippen molar-refractivity contribution in [1.29, 1.82) is 5.26 Å². The van der Waals surface area contributed by atoms with Gasteiger partial charge in [-0.2, -0.15) is 10.4 Å². The lowest BCUT2D eigenvalue weighted by atomic mass is 10.1. The number of nitrogens with zero attached hydrogens (tertiary/aromatic N) is 5. The van der Waals surface area contributed by atoms with E-state index in [1.165, 1.54) is 9.80 Å². The number of amides is 3. The Kier molecular flexibility index (Phi) is 9.92. The van der Waals surface area contributed by atoms with E-state index in [1.807, 2.05) is 30.3 Å². The molecule has 234 valence electrons. The van der Waals surface area contributed by atoms with Crippen molar-refractivity contribution < 1.29 is 22.8 Å². The van der Waals surface area contributed by atoms with Crippen molar-refractivity contribution in [3.8, 4) is 11.8 Å². The van der Waals surface area contributed by atoms with Gasteiger partial charge in [-0.1, -0.05) is 42.5 Å². The fourth-order valence-corrected chi connectivity index (χ4v) is 5.76. The molecule has 0 aliphatic carbocycles. The Morgan fingerprint density at radius 3 is 2.31 bits per heavy atom. The first-order chi connectivity index (χ1) is 21.0. The number of anilines is 2. The minimum Gasteiger partial charge on any atom is -0.341 e.